The molecule has 0 aromatic rings. The summed E-state index contributed by atoms with van der Waals surface area (Å²) in [7, 11) is 6.75. The van der Waals surface area contributed by atoms with Gasteiger partial charge in [0.1, 0.15) is 0 Å². The van der Waals surface area contributed by atoms with Crippen molar-refractivity contribution in [3.63, 3.8) is 0 Å². The van der Waals surface area contributed by atoms with E-state index in [2.05, 4.69) is 21.1 Å². The highest BCUT2D eigenvalue weighted by atomic mass is 16.4. The minimum Gasteiger partial charge on any atom is -0.550 e. The van der Waals surface area contributed by atoms with Crippen molar-refractivity contribution in [1.82, 2.24) is 0 Å². The zero-order valence-corrected chi connectivity index (χ0v) is 13.2. The predicted molar refractivity (Wildman–Crippen MR) is 78.7 cm³/mol. The van der Waals surface area contributed by atoms with Crippen molar-refractivity contribution in [1.29, 1.82) is 0 Å². The summed E-state index contributed by atoms with van der Waals surface area (Å²) in [6.45, 7) is 1.28. The van der Waals surface area contributed by atoms with Crippen LogP contribution in [0.1, 0.15) is 70.6 Å². The van der Waals surface area contributed by atoms with Crippen molar-refractivity contribution in [3.8, 4) is 0 Å². The van der Waals surface area contributed by atoms with Crippen LogP contribution in [0.15, 0.2) is 0 Å². The van der Waals surface area contributed by atoms with Crippen LogP contribution in [0.5, 0.6) is 0 Å². The molecule has 0 rings (SSSR count). The number of hydrogen-bond acceptors (Lipinski definition) is 2. The monoisotopic (exact) mass is 271 g/mol. The first-order valence-electron chi connectivity index (χ1n) is 7.92. The van der Waals surface area contributed by atoms with Crippen molar-refractivity contribution in [2.75, 3.05) is 27.7 Å². The number of unbranched alkanes of at least 4 members (excludes halogenated alkanes) is 9. The van der Waals surface area contributed by atoms with Gasteiger partial charge in [-0.2, -0.15) is 0 Å². The fourth-order valence-electron chi connectivity index (χ4n) is 2.27. The molecule has 0 aliphatic heterocycles. The Balaban J connectivity index is 3.05. The summed E-state index contributed by atoms with van der Waals surface area (Å²) < 4.78 is 1.08. The van der Waals surface area contributed by atoms with Gasteiger partial charge in [-0.3, -0.25) is 0 Å². The average molecular weight is 271 g/mol. The first-order chi connectivity index (χ1) is 8.92. The van der Waals surface area contributed by atoms with Crippen LogP contribution in [0.3, 0.4) is 0 Å². The number of carbonyl (C=O) groups is 1. The van der Waals surface area contributed by atoms with Crippen LogP contribution in [0.25, 0.3) is 0 Å². The molecule has 0 saturated carbocycles. The van der Waals surface area contributed by atoms with E-state index >= 15 is 0 Å². The summed E-state index contributed by atoms with van der Waals surface area (Å²) in [6.07, 6.45) is 12.6. The Morgan fingerprint density at radius 1 is 0.737 bits per heavy atom. The fraction of sp³-hybridized carbons (Fsp3) is 0.938. The first kappa shape index (κ1) is 18.4. The third-order valence-corrected chi connectivity index (χ3v) is 3.46. The lowest BCUT2D eigenvalue weighted by molar-refractivity contribution is -0.870. The second kappa shape index (κ2) is 11.3. The maximum Gasteiger partial charge on any atom is 0.0780 e. The van der Waals surface area contributed by atoms with Gasteiger partial charge in [0.05, 0.1) is 27.7 Å². The first-order valence-corrected chi connectivity index (χ1v) is 7.92. The van der Waals surface area contributed by atoms with Crippen molar-refractivity contribution in [2.24, 2.45) is 0 Å². The summed E-state index contributed by atoms with van der Waals surface area (Å²) in [6, 6.07) is 0. The molecular formula is C16H33NO2. The molecule has 19 heavy (non-hydrogen) atoms. The molecule has 0 saturated heterocycles. The predicted octanol–water partition coefficient (Wildman–Crippen LogP) is 2.73. The number of rotatable bonds is 13. The number of carbonyl (C=O) groups excluding carboxylic acids is 1. The molecule has 3 heteroatoms. The third kappa shape index (κ3) is 17.4. The van der Waals surface area contributed by atoms with Crippen molar-refractivity contribution >= 4 is 5.97 Å². The lowest BCUT2D eigenvalue weighted by Crippen LogP contribution is -2.35. The summed E-state index contributed by atoms with van der Waals surface area (Å²) >= 11 is 0. The standard InChI is InChI=1S/C16H33NO2/c1-17(2,3)15-13-11-9-7-5-4-6-8-10-12-14-16(18)19/h4-15H2,1-3H3. The van der Waals surface area contributed by atoms with Crippen molar-refractivity contribution in [3.05, 3.63) is 0 Å². The largest absolute Gasteiger partial charge is 0.550 e. The fourth-order valence-corrected chi connectivity index (χ4v) is 2.27. The van der Waals surface area contributed by atoms with Crippen molar-refractivity contribution < 1.29 is 14.4 Å². The van der Waals surface area contributed by atoms with Crippen LogP contribution >= 0.6 is 0 Å². The molecule has 0 aliphatic rings. The maximum absolute atomic E-state index is 10.2. The summed E-state index contributed by atoms with van der Waals surface area (Å²) in [5, 5.41) is 10.2. The van der Waals surface area contributed by atoms with Gasteiger partial charge in [0.2, 0.25) is 0 Å². The topological polar surface area (TPSA) is 40.1 Å². The Bertz CT molecular complexity index is 221. The smallest absolute Gasteiger partial charge is 0.0780 e. The Kier molecular flexibility index (Phi) is 10.9. The van der Waals surface area contributed by atoms with Gasteiger partial charge in [-0.05, 0) is 25.7 Å². The van der Waals surface area contributed by atoms with Gasteiger partial charge in [0.25, 0.3) is 0 Å². The Hall–Kier alpha value is -0.570. The van der Waals surface area contributed by atoms with Gasteiger partial charge < -0.3 is 14.4 Å². The van der Waals surface area contributed by atoms with E-state index in [-0.39, 0.29) is 6.42 Å². The normalized spacial score (nSPS) is 11.7. The Morgan fingerprint density at radius 3 is 1.47 bits per heavy atom. The number of carboxylic acids is 1. The molecule has 0 heterocycles. The van der Waals surface area contributed by atoms with Crippen LogP contribution in [0.2, 0.25) is 0 Å². The molecule has 114 valence electrons. The zero-order chi connectivity index (χ0) is 14.6. The zero-order valence-electron chi connectivity index (χ0n) is 13.2. The molecule has 0 aliphatic carbocycles. The molecule has 0 atom stereocenters. The lowest BCUT2D eigenvalue weighted by Gasteiger charge is -2.23. The number of aliphatic carboxylic acids is 1. The summed E-state index contributed by atoms with van der Waals surface area (Å²) in [5.41, 5.74) is 0. The molecule has 0 fully saturated rings. The van der Waals surface area contributed by atoms with Gasteiger partial charge in [0.15, 0.2) is 0 Å². The van der Waals surface area contributed by atoms with Gasteiger partial charge in [0, 0.05) is 5.97 Å². The van der Waals surface area contributed by atoms with Gasteiger partial charge in [-0.25, -0.2) is 0 Å². The molecule has 0 radical (unpaired) electrons. The van der Waals surface area contributed by atoms with E-state index in [9.17, 15) is 9.90 Å². The minimum atomic E-state index is -0.908. The summed E-state index contributed by atoms with van der Waals surface area (Å²) in [5.74, 6) is -0.908. The lowest BCUT2D eigenvalue weighted by atomic mass is 10.1. The molecular weight excluding hydrogens is 238 g/mol. The minimum absolute atomic E-state index is 0.228. The molecule has 0 spiro atoms. The van der Waals surface area contributed by atoms with E-state index in [0.717, 1.165) is 17.3 Å². The summed E-state index contributed by atoms with van der Waals surface area (Å²) in [4.78, 5) is 10.2. The van der Waals surface area contributed by atoms with E-state index in [1.54, 1.807) is 0 Å². The quantitative estimate of drug-likeness (QED) is 0.382. The molecule has 0 aromatic heterocycles. The molecule has 0 aromatic carbocycles. The van der Waals surface area contributed by atoms with Crippen molar-refractivity contribution in [2.45, 2.75) is 70.6 Å². The maximum atomic E-state index is 10.2. The highest BCUT2D eigenvalue weighted by molar-refractivity contribution is 5.63. The Morgan fingerprint density at radius 2 is 1.11 bits per heavy atom. The highest BCUT2D eigenvalue weighted by Gasteiger charge is 2.04. The second-order valence-electron chi connectivity index (χ2n) is 6.67. The van der Waals surface area contributed by atoms with E-state index in [4.69, 9.17) is 0 Å². The van der Waals surface area contributed by atoms with E-state index < -0.39 is 5.97 Å². The van der Waals surface area contributed by atoms with Crippen LogP contribution in [-0.4, -0.2) is 38.1 Å². The van der Waals surface area contributed by atoms with E-state index in [0.29, 0.717) is 0 Å². The molecule has 3 nitrogen and oxygen atoms in total. The van der Waals surface area contributed by atoms with Crippen LogP contribution in [-0.2, 0) is 4.79 Å². The Labute approximate surface area is 119 Å². The number of quaternary nitrogens is 1. The number of carboxylic acid groups (broad SMARTS) is 1. The van der Waals surface area contributed by atoms with Gasteiger partial charge in [-0.1, -0.05) is 44.9 Å². The van der Waals surface area contributed by atoms with E-state index in [1.807, 2.05) is 0 Å². The average Bonchev–Trinajstić information content (AvgIpc) is 2.28. The van der Waals surface area contributed by atoms with Crippen LogP contribution in [0, 0.1) is 0 Å². The molecule has 0 unspecified atom stereocenters. The van der Waals surface area contributed by atoms with E-state index in [1.165, 1.54) is 57.9 Å². The van der Waals surface area contributed by atoms with Crippen LogP contribution in [0.4, 0.5) is 0 Å². The SMILES string of the molecule is C[N+](C)(C)CCCCCCCCCCCCC(=O)[O-]. The highest BCUT2D eigenvalue weighted by Crippen LogP contribution is 2.11. The molecule has 0 N–H and O–H groups in total. The molecule has 0 amide bonds. The second-order valence-corrected chi connectivity index (χ2v) is 6.67. The number of hydrogen-bond donors (Lipinski definition) is 0. The molecule has 0 bridgehead atoms. The third-order valence-electron chi connectivity index (χ3n) is 3.46. The van der Waals surface area contributed by atoms with Crippen LogP contribution < -0.4 is 5.11 Å². The number of nitrogens with zero attached hydrogens (tertiary/aromatic N) is 1. The van der Waals surface area contributed by atoms with Gasteiger partial charge >= 0.3 is 0 Å². The van der Waals surface area contributed by atoms with Gasteiger partial charge in [-0.15, -0.1) is 0 Å².